The summed E-state index contributed by atoms with van der Waals surface area (Å²) in [5.41, 5.74) is 1.57. The minimum absolute atomic E-state index is 0.173. The van der Waals surface area contributed by atoms with E-state index in [1.54, 1.807) is 43.3 Å². The van der Waals surface area contributed by atoms with Gasteiger partial charge in [0, 0.05) is 18.7 Å². The van der Waals surface area contributed by atoms with Crippen LogP contribution >= 0.6 is 0 Å². The summed E-state index contributed by atoms with van der Waals surface area (Å²) >= 11 is 0. The molecule has 0 saturated heterocycles. The van der Waals surface area contributed by atoms with Crippen molar-refractivity contribution >= 4 is 5.78 Å². The average Bonchev–Trinajstić information content (AvgIpc) is 2.66. The minimum atomic E-state index is -1.79. The molecule has 1 aliphatic carbocycles. The molecule has 2 N–H and O–H groups in total. The van der Waals surface area contributed by atoms with Crippen molar-refractivity contribution in [3.63, 3.8) is 0 Å². The first-order chi connectivity index (χ1) is 12.8. The van der Waals surface area contributed by atoms with E-state index >= 15 is 0 Å². The van der Waals surface area contributed by atoms with E-state index in [1.807, 2.05) is 6.07 Å². The third kappa shape index (κ3) is 4.64. The normalized spacial score (nSPS) is 23.0. The smallest absolute Gasteiger partial charge is 0.202 e. The number of aliphatic hydroxyl groups is 2. The lowest BCUT2D eigenvalue weighted by Crippen LogP contribution is -2.41. The predicted molar refractivity (Wildman–Crippen MR) is 104 cm³/mol. The van der Waals surface area contributed by atoms with Gasteiger partial charge in [-0.3, -0.25) is 4.79 Å². The van der Waals surface area contributed by atoms with Gasteiger partial charge in [0.25, 0.3) is 0 Å². The zero-order chi connectivity index (χ0) is 20.0. The zero-order valence-corrected chi connectivity index (χ0v) is 15.7. The molecule has 2 rings (SSSR count). The summed E-state index contributed by atoms with van der Waals surface area (Å²) in [6.45, 7) is 5.57. The van der Waals surface area contributed by atoms with E-state index in [2.05, 4.69) is 6.58 Å². The van der Waals surface area contributed by atoms with Crippen LogP contribution in [-0.2, 0) is 9.47 Å². The molecule has 0 saturated carbocycles. The fraction of sp³-hybridized carbons (Fsp3) is 0.227. The zero-order valence-electron chi connectivity index (χ0n) is 15.7. The van der Waals surface area contributed by atoms with Crippen molar-refractivity contribution in [2.45, 2.75) is 12.7 Å². The van der Waals surface area contributed by atoms with Crippen molar-refractivity contribution in [1.82, 2.24) is 0 Å². The molecule has 1 aliphatic rings. The molecule has 0 bridgehead atoms. The summed E-state index contributed by atoms with van der Waals surface area (Å²) in [7, 11) is 2.74. The minimum Gasteiger partial charge on any atom is -0.511 e. The van der Waals surface area contributed by atoms with Crippen molar-refractivity contribution in [2.75, 3.05) is 14.2 Å². The van der Waals surface area contributed by atoms with E-state index < -0.39 is 11.7 Å². The second-order valence-electron chi connectivity index (χ2n) is 6.21. The molecule has 5 heteroatoms. The molecule has 1 aromatic carbocycles. The number of rotatable bonds is 7. The predicted octanol–water partition coefficient (Wildman–Crippen LogP) is 3.87. The first-order valence-corrected chi connectivity index (χ1v) is 8.41. The van der Waals surface area contributed by atoms with E-state index in [1.165, 1.54) is 32.4 Å². The Hall–Kier alpha value is -2.89. The highest BCUT2D eigenvalue weighted by molar-refractivity contribution is 6.04. The summed E-state index contributed by atoms with van der Waals surface area (Å²) in [6, 6.07) is 8.78. The fourth-order valence-electron chi connectivity index (χ4n) is 2.71. The molecule has 0 amide bonds. The summed E-state index contributed by atoms with van der Waals surface area (Å²) < 4.78 is 10.5. The maximum atomic E-state index is 12.3. The van der Waals surface area contributed by atoms with Gasteiger partial charge in [-0.1, -0.05) is 54.6 Å². The molecule has 2 atom stereocenters. The van der Waals surface area contributed by atoms with E-state index in [9.17, 15) is 15.0 Å². The highest BCUT2D eigenvalue weighted by atomic mass is 16.6. The molecule has 0 heterocycles. The number of hydrogen-bond donors (Lipinski definition) is 2. The van der Waals surface area contributed by atoms with Gasteiger partial charge in [-0.2, -0.15) is 0 Å². The first kappa shape index (κ1) is 20.4. The fourth-order valence-corrected chi connectivity index (χ4v) is 2.71. The number of carbonyl (C=O) groups is 1. The topological polar surface area (TPSA) is 76.0 Å². The van der Waals surface area contributed by atoms with Gasteiger partial charge in [0.1, 0.15) is 11.5 Å². The third-order valence-corrected chi connectivity index (χ3v) is 4.20. The molecular weight excluding hydrogens is 344 g/mol. The SMILES string of the molecule is C=C(C)C=CC1C(O)=C(C=CC(=O)c2ccccc2)C(OC)=CC1(O)OC. The summed E-state index contributed by atoms with van der Waals surface area (Å²) in [5.74, 6) is -2.86. The van der Waals surface area contributed by atoms with Crippen LogP contribution in [0.2, 0.25) is 0 Å². The maximum absolute atomic E-state index is 12.3. The van der Waals surface area contributed by atoms with Gasteiger partial charge in [-0.15, -0.1) is 0 Å². The monoisotopic (exact) mass is 368 g/mol. The second-order valence-corrected chi connectivity index (χ2v) is 6.21. The van der Waals surface area contributed by atoms with Crippen LogP contribution in [0.3, 0.4) is 0 Å². The Labute approximate surface area is 159 Å². The highest BCUT2D eigenvalue weighted by Crippen LogP contribution is 2.38. The Morgan fingerprint density at radius 3 is 2.44 bits per heavy atom. The molecule has 0 fully saturated rings. The average molecular weight is 368 g/mol. The van der Waals surface area contributed by atoms with Gasteiger partial charge in [-0.25, -0.2) is 0 Å². The Morgan fingerprint density at radius 1 is 1.22 bits per heavy atom. The number of aliphatic hydroxyl groups excluding tert-OH is 1. The van der Waals surface area contributed by atoms with Crippen molar-refractivity contribution in [3.05, 3.63) is 95.5 Å². The maximum Gasteiger partial charge on any atom is 0.202 e. The molecule has 0 spiro atoms. The Balaban J connectivity index is 2.44. The van der Waals surface area contributed by atoms with Crippen LogP contribution in [0.1, 0.15) is 17.3 Å². The van der Waals surface area contributed by atoms with Crippen molar-refractivity contribution in [1.29, 1.82) is 0 Å². The molecule has 0 radical (unpaired) electrons. The molecule has 0 aromatic heterocycles. The first-order valence-electron chi connectivity index (χ1n) is 8.41. The lowest BCUT2D eigenvalue weighted by atomic mass is 9.86. The lowest BCUT2D eigenvalue weighted by Gasteiger charge is -2.34. The van der Waals surface area contributed by atoms with Crippen molar-refractivity contribution in [3.8, 4) is 0 Å². The van der Waals surface area contributed by atoms with Crippen LogP contribution in [0.25, 0.3) is 0 Å². The Bertz CT molecular complexity index is 830. The van der Waals surface area contributed by atoms with Gasteiger partial charge >= 0.3 is 0 Å². The van der Waals surface area contributed by atoms with Crippen LogP contribution in [0, 0.1) is 5.92 Å². The Kier molecular flexibility index (Phi) is 6.55. The van der Waals surface area contributed by atoms with Gasteiger partial charge < -0.3 is 19.7 Å². The van der Waals surface area contributed by atoms with Crippen LogP contribution in [0.4, 0.5) is 0 Å². The second kappa shape index (κ2) is 8.66. The summed E-state index contributed by atoms with van der Waals surface area (Å²) in [4.78, 5) is 12.3. The molecule has 142 valence electrons. The number of ether oxygens (including phenoxy) is 2. The number of hydrogen-bond acceptors (Lipinski definition) is 5. The molecule has 1 aromatic rings. The van der Waals surface area contributed by atoms with Crippen molar-refractivity contribution < 1.29 is 24.5 Å². The summed E-state index contributed by atoms with van der Waals surface area (Å²) in [6.07, 6.45) is 7.46. The highest BCUT2D eigenvalue weighted by Gasteiger charge is 2.42. The standard InChI is InChI=1S/C22H24O5/c1-15(2)10-12-18-21(24)17(20(26-3)14-22(18,25)27-4)11-13-19(23)16-8-6-5-7-9-16/h5-14,18,24-25H,1H2,2-4H3. The third-order valence-electron chi connectivity index (χ3n) is 4.20. The van der Waals surface area contributed by atoms with Gasteiger partial charge in [0.15, 0.2) is 5.78 Å². The van der Waals surface area contributed by atoms with E-state index in [4.69, 9.17) is 9.47 Å². The lowest BCUT2D eigenvalue weighted by molar-refractivity contribution is -0.173. The quantitative estimate of drug-likeness (QED) is 0.331. The van der Waals surface area contributed by atoms with Gasteiger partial charge in [0.05, 0.1) is 18.6 Å². The number of ketones is 1. The van der Waals surface area contributed by atoms with Gasteiger partial charge in [0.2, 0.25) is 5.79 Å². The van der Waals surface area contributed by atoms with Crippen LogP contribution < -0.4 is 0 Å². The van der Waals surface area contributed by atoms with E-state index in [-0.39, 0.29) is 17.3 Å². The number of allylic oxidation sites excluding steroid dienone is 4. The van der Waals surface area contributed by atoms with Crippen LogP contribution in [0.15, 0.2) is 90.0 Å². The largest absolute Gasteiger partial charge is 0.511 e. The molecule has 5 nitrogen and oxygen atoms in total. The van der Waals surface area contributed by atoms with E-state index in [0.717, 1.165) is 5.57 Å². The Morgan fingerprint density at radius 2 is 1.89 bits per heavy atom. The van der Waals surface area contributed by atoms with Crippen LogP contribution in [0.5, 0.6) is 0 Å². The molecule has 27 heavy (non-hydrogen) atoms. The van der Waals surface area contributed by atoms with E-state index in [0.29, 0.717) is 11.1 Å². The summed E-state index contributed by atoms with van der Waals surface area (Å²) in [5, 5.41) is 21.5. The van der Waals surface area contributed by atoms with Gasteiger partial charge in [-0.05, 0) is 19.1 Å². The van der Waals surface area contributed by atoms with Crippen LogP contribution in [-0.4, -0.2) is 36.0 Å². The van der Waals surface area contributed by atoms with Crippen molar-refractivity contribution in [2.24, 2.45) is 5.92 Å². The molecule has 0 aliphatic heterocycles. The number of benzene rings is 1. The molecule has 2 unspecified atom stereocenters. The molecular formula is C22H24O5. The number of methoxy groups -OCH3 is 2. The number of carbonyl (C=O) groups excluding carboxylic acids is 1.